The van der Waals surface area contributed by atoms with Gasteiger partial charge in [-0.25, -0.2) is 0 Å². The number of hydrogen-bond donors (Lipinski definition) is 2. The van der Waals surface area contributed by atoms with E-state index in [4.69, 9.17) is 15.2 Å². The van der Waals surface area contributed by atoms with Crippen molar-refractivity contribution in [3.63, 3.8) is 0 Å². The monoisotopic (exact) mass is 399 g/mol. The molecule has 0 aliphatic rings. The van der Waals surface area contributed by atoms with Crippen molar-refractivity contribution in [1.82, 2.24) is 19.5 Å². The maximum absolute atomic E-state index is 12.4. The minimum atomic E-state index is -0.450. The predicted octanol–water partition coefficient (Wildman–Crippen LogP) is 2.42. The van der Waals surface area contributed by atoms with Crippen LogP contribution in [0, 0.1) is 5.41 Å². The lowest BCUT2D eigenvalue weighted by Gasteiger charge is -2.16. The van der Waals surface area contributed by atoms with Crippen molar-refractivity contribution in [2.75, 3.05) is 26.1 Å². The van der Waals surface area contributed by atoms with Crippen molar-refractivity contribution in [3.8, 4) is 12.0 Å². The Hall–Kier alpha value is -3.20. The number of carbonyl (C=O) groups excluding carboxylic acids is 1. The molecule has 3 N–H and O–H groups in total. The lowest BCUT2D eigenvalue weighted by Crippen LogP contribution is -2.20. The fourth-order valence-electron chi connectivity index (χ4n) is 2.79. The third-order valence-corrected chi connectivity index (χ3v) is 4.34. The van der Waals surface area contributed by atoms with Crippen LogP contribution in [-0.4, -0.2) is 50.7 Å². The molecule has 9 heteroatoms. The number of hydrogen-bond acceptors (Lipinski definition) is 8. The molecule has 0 aliphatic carbocycles. The Morgan fingerprint density at radius 1 is 1.14 bits per heavy atom. The highest BCUT2D eigenvalue weighted by Crippen LogP contribution is 2.26. The number of nitrogens with zero attached hydrogens (tertiary/aromatic N) is 4. The number of nitrogens with two attached hydrogens (primary N) is 1. The summed E-state index contributed by atoms with van der Waals surface area (Å²) in [5, 5.41) is 10.3. The highest BCUT2D eigenvalue weighted by Gasteiger charge is 2.23. The largest absolute Gasteiger partial charge is 0.480 e. The number of ketones is 1. The van der Waals surface area contributed by atoms with Crippen molar-refractivity contribution in [2.24, 2.45) is 5.41 Å². The number of rotatable bonds is 7. The van der Waals surface area contributed by atoms with Crippen molar-refractivity contribution < 1.29 is 19.4 Å². The summed E-state index contributed by atoms with van der Waals surface area (Å²) < 4.78 is 11.9. The van der Waals surface area contributed by atoms with E-state index >= 15 is 0 Å². The van der Waals surface area contributed by atoms with Crippen LogP contribution in [0.15, 0.2) is 24.3 Å². The molecule has 29 heavy (non-hydrogen) atoms. The predicted molar refractivity (Wildman–Crippen MR) is 108 cm³/mol. The second kappa shape index (κ2) is 8.04. The molecule has 2 heterocycles. The molecule has 0 unspecified atom stereocenters. The van der Waals surface area contributed by atoms with Gasteiger partial charge in [0.2, 0.25) is 0 Å². The smallest absolute Gasteiger partial charge is 0.320 e. The summed E-state index contributed by atoms with van der Waals surface area (Å²) in [6.45, 7) is 6.59. The minimum Gasteiger partial charge on any atom is -0.480 e. The van der Waals surface area contributed by atoms with Gasteiger partial charge in [0.25, 0.3) is 6.01 Å². The molecule has 0 aliphatic heterocycles. The summed E-state index contributed by atoms with van der Waals surface area (Å²) in [6, 6.07) is 7.09. The lowest BCUT2D eigenvalue weighted by molar-refractivity contribution is 0.0858. The SMILES string of the molecule is COCCOc1nc(N)c2nc(O)n(Cc3ccc(C(=O)C(C)(C)C)cc3)c2n1. The zero-order valence-corrected chi connectivity index (χ0v) is 17.0. The Kier molecular flexibility index (Phi) is 5.69. The van der Waals surface area contributed by atoms with Crippen LogP contribution in [0.25, 0.3) is 11.2 Å². The number of methoxy groups -OCH3 is 1. The average Bonchev–Trinajstić information content (AvgIpc) is 2.98. The molecule has 3 aromatic rings. The van der Waals surface area contributed by atoms with E-state index in [1.807, 2.05) is 32.9 Å². The number of fused-ring (bicyclic) bond motifs is 1. The first-order chi connectivity index (χ1) is 13.7. The summed E-state index contributed by atoms with van der Waals surface area (Å²) in [7, 11) is 1.56. The van der Waals surface area contributed by atoms with E-state index in [1.54, 1.807) is 19.2 Å². The Bertz CT molecular complexity index is 1020. The van der Waals surface area contributed by atoms with Gasteiger partial charge in [0, 0.05) is 18.1 Å². The van der Waals surface area contributed by atoms with E-state index in [1.165, 1.54) is 4.57 Å². The van der Waals surface area contributed by atoms with Crippen LogP contribution in [0.1, 0.15) is 36.7 Å². The van der Waals surface area contributed by atoms with E-state index in [0.717, 1.165) is 5.56 Å². The molecule has 0 amide bonds. The van der Waals surface area contributed by atoms with Crippen LogP contribution in [0.3, 0.4) is 0 Å². The Balaban J connectivity index is 1.89. The second-order valence-electron chi connectivity index (χ2n) is 7.68. The Morgan fingerprint density at radius 2 is 1.83 bits per heavy atom. The van der Waals surface area contributed by atoms with Gasteiger partial charge >= 0.3 is 6.01 Å². The molecule has 0 bridgehead atoms. The molecule has 9 nitrogen and oxygen atoms in total. The third kappa shape index (κ3) is 4.45. The second-order valence-corrected chi connectivity index (χ2v) is 7.68. The van der Waals surface area contributed by atoms with Gasteiger partial charge in [-0.3, -0.25) is 9.36 Å². The molecule has 3 rings (SSSR count). The van der Waals surface area contributed by atoms with Crippen molar-refractivity contribution in [1.29, 1.82) is 0 Å². The van der Waals surface area contributed by atoms with Crippen molar-refractivity contribution >= 4 is 22.8 Å². The number of aromatic hydroxyl groups is 1. The number of imidazole rings is 1. The van der Waals surface area contributed by atoms with Gasteiger partial charge in [0.15, 0.2) is 22.8 Å². The van der Waals surface area contributed by atoms with Crippen LogP contribution >= 0.6 is 0 Å². The summed E-state index contributed by atoms with van der Waals surface area (Å²) in [5.41, 5.74) is 7.65. The molecular formula is C20H25N5O4. The Morgan fingerprint density at radius 3 is 2.45 bits per heavy atom. The van der Waals surface area contributed by atoms with E-state index in [0.29, 0.717) is 29.9 Å². The molecule has 0 saturated heterocycles. The number of Topliss-reactive ketones (excluding diaryl/α,β-unsaturated/α-hetero) is 1. The zero-order valence-electron chi connectivity index (χ0n) is 17.0. The number of anilines is 1. The van der Waals surface area contributed by atoms with Crippen LogP contribution < -0.4 is 10.5 Å². The standard InChI is InChI=1S/C20H25N5O4/c1-20(2,3)15(26)13-7-5-12(6-8-13)11-25-17-14(22-19(25)27)16(21)23-18(24-17)29-10-9-28-4/h5-8H,9-11H2,1-4H3,(H,22,27)(H2,21,23,24). The van der Waals surface area contributed by atoms with Crippen LogP contribution in [0.4, 0.5) is 5.82 Å². The van der Waals surface area contributed by atoms with E-state index in [-0.39, 0.29) is 30.2 Å². The molecule has 0 fully saturated rings. The first kappa shape index (κ1) is 20.5. The van der Waals surface area contributed by atoms with Gasteiger partial charge in [0.05, 0.1) is 13.2 Å². The minimum absolute atomic E-state index is 0.0679. The van der Waals surface area contributed by atoms with Crippen molar-refractivity contribution in [2.45, 2.75) is 27.3 Å². The maximum Gasteiger partial charge on any atom is 0.320 e. The number of ether oxygens (including phenoxy) is 2. The zero-order chi connectivity index (χ0) is 21.2. The summed E-state index contributed by atoms with van der Waals surface area (Å²) in [4.78, 5) is 24.8. The van der Waals surface area contributed by atoms with Gasteiger partial charge in [-0.05, 0) is 5.56 Å². The molecule has 2 aromatic heterocycles. The highest BCUT2D eigenvalue weighted by molar-refractivity contribution is 5.99. The van der Waals surface area contributed by atoms with E-state index in [9.17, 15) is 9.90 Å². The maximum atomic E-state index is 12.4. The van der Waals surface area contributed by atoms with Gasteiger partial charge in [0.1, 0.15) is 6.61 Å². The fraction of sp³-hybridized carbons (Fsp3) is 0.400. The average molecular weight is 399 g/mol. The molecule has 0 spiro atoms. The summed E-state index contributed by atoms with van der Waals surface area (Å²) in [5.74, 6) is 0.181. The third-order valence-electron chi connectivity index (χ3n) is 4.34. The molecule has 1 aromatic carbocycles. The van der Waals surface area contributed by atoms with Crippen LogP contribution in [-0.2, 0) is 11.3 Å². The van der Waals surface area contributed by atoms with Gasteiger partial charge < -0.3 is 20.3 Å². The first-order valence-electron chi connectivity index (χ1n) is 9.19. The topological polar surface area (TPSA) is 125 Å². The quantitative estimate of drug-likeness (QED) is 0.458. The van der Waals surface area contributed by atoms with Gasteiger partial charge in [-0.1, -0.05) is 45.0 Å². The molecular weight excluding hydrogens is 374 g/mol. The summed E-state index contributed by atoms with van der Waals surface area (Å²) in [6.07, 6.45) is 0. The van der Waals surface area contributed by atoms with Gasteiger partial charge in [-0.2, -0.15) is 15.0 Å². The van der Waals surface area contributed by atoms with E-state index < -0.39 is 5.41 Å². The number of nitrogen functional groups attached to an aromatic ring is 1. The highest BCUT2D eigenvalue weighted by atomic mass is 16.5. The molecule has 0 atom stereocenters. The molecule has 154 valence electrons. The number of benzene rings is 1. The number of aromatic nitrogens is 4. The molecule has 0 saturated carbocycles. The lowest BCUT2D eigenvalue weighted by atomic mass is 9.86. The van der Waals surface area contributed by atoms with Crippen LogP contribution in [0.2, 0.25) is 0 Å². The van der Waals surface area contributed by atoms with E-state index in [2.05, 4.69) is 15.0 Å². The Labute approximate surface area is 168 Å². The fourth-order valence-corrected chi connectivity index (χ4v) is 2.79. The first-order valence-corrected chi connectivity index (χ1v) is 9.19. The number of carbonyl (C=O) groups is 1. The van der Waals surface area contributed by atoms with Gasteiger partial charge in [-0.15, -0.1) is 0 Å². The van der Waals surface area contributed by atoms with Crippen molar-refractivity contribution in [3.05, 3.63) is 35.4 Å². The normalized spacial score (nSPS) is 11.7. The summed E-state index contributed by atoms with van der Waals surface area (Å²) >= 11 is 0. The molecule has 0 radical (unpaired) electrons. The van der Waals surface area contributed by atoms with Crippen LogP contribution in [0.5, 0.6) is 12.0 Å².